The monoisotopic (exact) mass is 499 g/mol. The van der Waals surface area contributed by atoms with Crippen LogP contribution in [0.25, 0.3) is 0 Å². The van der Waals surface area contributed by atoms with E-state index < -0.39 is 47.7 Å². The number of aliphatic hydroxyl groups excluding tert-OH is 2. The second-order valence-corrected chi connectivity index (χ2v) is 11.6. The van der Waals surface area contributed by atoms with Gasteiger partial charge in [-0.25, -0.2) is 9.18 Å². The number of allylic oxidation sites excluding steroid dienone is 1. The van der Waals surface area contributed by atoms with E-state index in [4.69, 9.17) is 4.74 Å². The van der Waals surface area contributed by atoms with Crippen LogP contribution < -0.4 is 4.90 Å². The third-order valence-corrected chi connectivity index (χ3v) is 9.60. The standard InChI is InChI=1S/C28H34FNO6/c1-14-12-27-15(2)10-18-21(26(18,3)4)17(23(27)33)11-16(13-31)22(32)28(27,35)24(14)36-25(34)30(5)20-9-7-6-8-19(20)29/h6-9,11-12,15,17-18,21-22,24,31-32,35H,10,13H2,1-5H3/t15?,17-,18+,21+,22+,24-,27?,28-/m0/s1. The van der Waals surface area contributed by atoms with E-state index in [1.807, 2.05) is 6.92 Å². The fourth-order valence-electron chi connectivity index (χ4n) is 7.60. The molecule has 8 heteroatoms. The van der Waals surface area contributed by atoms with Crippen LogP contribution in [0.3, 0.4) is 0 Å². The van der Waals surface area contributed by atoms with Gasteiger partial charge in [0.05, 0.1) is 17.7 Å². The molecule has 0 saturated heterocycles. The molecule has 0 heterocycles. The Morgan fingerprint density at radius 2 is 1.94 bits per heavy atom. The average Bonchev–Trinajstić information content (AvgIpc) is 3.32. The Labute approximate surface area is 210 Å². The summed E-state index contributed by atoms with van der Waals surface area (Å²) in [5.74, 6) is -1.51. The fraction of sp³-hybridized carbons (Fsp3) is 0.571. The van der Waals surface area contributed by atoms with Crippen LogP contribution in [0.15, 0.2) is 47.6 Å². The van der Waals surface area contributed by atoms with Crippen LogP contribution in [-0.4, -0.2) is 58.7 Å². The highest BCUT2D eigenvalue weighted by Gasteiger charge is 2.76. The van der Waals surface area contributed by atoms with Gasteiger partial charge in [0.15, 0.2) is 17.5 Å². The summed E-state index contributed by atoms with van der Waals surface area (Å²) in [6, 6.07) is 5.72. The number of ketones is 1. The Hall–Kier alpha value is -2.55. The highest BCUT2D eigenvalue weighted by molar-refractivity contribution is 5.96. The minimum atomic E-state index is -2.23. The molecule has 1 amide bonds. The van der Waals surface area contributed by atoms with Gasteiger partial charge in [0.1, 0.15) is 11.9 Å². The molecule has 2 saturated carbocycles. The van der Waals surface area contributed by atoms with Gasteiger partial charge in [-0.15, -0.1) is 0 Å². The Bertz CT molecular complexity index is 1190. The van der Waals surface area contributed by atoms with E-state index in [1.165, 1.54) is 25.2 Å². The first kappa shape index (κ1) is 25.1. The molecule has 2 unspecified atom stereocenters. The summed E-state index contributed by atoms with van der Waals surface area (Å²) < 4.78 is 20.1. The number of ether oxygens (including phenoxy) is 1. The lowest BCUT2D eigenvalue weighted by atomic mass is 9.59. The lowest BCUT2D eigenvalue weighted by Gasteiger charge is -2.48. The highest BCUT2D eigenvalue weighted by Crippen LogP contribution is 2.71. The maximum absolute atomic E-state index is 14.3. The van der Waals surface area contributed by atoms with Crippen LogP contribution in [0.1, 0.15) is 34.1 Å². The lowest BCUT2D eigenvalue weighted by molar-refractivity contribution is -0.189. The SMILES string of the molecule is CC1=CC23C(=O)[C@@H](C=C(CO)[C@@H](O)[C@]2(O)[C@H]1OC(=O)N(C)c1ccccc1F)[C@@H]1[C@@H](CC3C)C1(C)C. The minimum absolute atomic E-state index is 0.0116. The van der Waals surface area contributed by atoms with Gasteiger partial charge in [0, 0.05) is 13.0 Å². The molecular formula is C28H34FNO6. The molecule has 3 N–H and O–H groups in total. The van der Waals surface area contributed by atoms with Gasteiger partial charge >= 0.3 is 6.09 Å². The largest absolute Gasteiger partial charge is 0.438 e. The smallest absolute Gasteiger partial charge is 0.414 e. The van der Waals surface area contributed by atoms with Crippen LogP contribution in [0.5, 0.6) is 0 Å². The molecule has 1 spiro atoms. The van der Waals surface area contributed by atoms with Crippen molar-refractivity contribution in [3.05, 3.63) is 53.4 Å². The van der Waals surface area contributed by atoms with Crippen LogP contribution in [-0.2, 0) is 9.53 Å². The second kappa shape index (κ2) is 7.97. The molecule has 36 heavy (non-hydrogen) atoms. The molecule has 1 aromatic rings. The van der Waals surface area contributed by atoms with Gasteiger partial charge in [0.2, 0.25) is 0 Å². The molecule has 0 aliphatic heterocycles. The number of carbonyl (C=O) groups is 2. The second-order valence-electron chi connectivity index (χ2n) is 11.6. The van der Waals surface area contributed by atoms with E-state index in [0.29, 0.717) is 12.0 Å². The maximum atomic E-state index is 14.3. The molecule has 4 aliphatic carbocycles. The molecule has 0 aromatic heterocycles. The first-order valence-corrected chi connectivity index (χ1v) is 12.5. The van der Waals surface area contributed by atoms with Crippen molar-refractivity contribution >= 4 is 17.6 Å². The number of Topliss-reactive ketones (excluding diaryl/α,β-unsaturated/α-hetero) is 1. The summed E-state index contributed by atoms with van der Waals surface area (Å²) in [7, 11) is 1.35. The van der Waals surface area contributed by atoms with Crippen molar-refractivity contribution < 1.29 is 34.0 Å². The van der Waals surface area contributed by atoms with Crippen molar-refractivity contribution in [2.24, 2.45) is 34.5 Å². The van der Waals surface area contributed by atoms with Crippen LogP contribution >= 0.6 is 0 Å². The van der Waals surface area contributed by atoms with E-state index in [-0.39, 0.29) is 40.2 Å². The van der Waals surface area contributed by atoms with Crippen molar-refractivity contribution in [2.45, 2.75) is 51.9 Å². The number of para-hydroxylation sites is 1. The van der Waals surface area contributed by atoms with Crippen molar-refractivity contribution in [3.8, 4) is 0 Å². The Balaban J connectivity index is 1.59. The number of hydrogen-bond donors (Lipinski definition) is 3. The number of amides is 1. The molecule has 4 aliphatic rings. The van der Waals surface area contributed by atoms with Crippen molar-refractivity contribution in [1.82, 2.24) is 0 Å². The number of anilines is 1. The normalized spacial score (nSPS) is 40.2. The Kier molecular flexibility index (Phi) is 5.56. The average molecular weight is 500 g/mol. The molecule has 0 radical (unpaired) electrons. The molecule has 8 atom stereocenters. The predicted molar refractivity (Wildman–Crippen MR) is 130 cm³/mol. The van der Waals surface area contributed by atoms with Crippen molar-refractivity contribution in [3.63, 3.8) is 0 Å². The number of fused-ring (bicyclic) bond motifs is 3. The molecular weight excluding hydrogens is 465 g/mol. The Morgan fingerprint density at radius 3 is 2.58 bits per heavy atom. The summed E-state index contributed by atoms with van der Waals surface area (Å²) in [5.41, 5.74) is -3.27. The lowest BCUT2D eigenvalue weighted by Crippen LogP contribution is -2.66. The van der Waals surface area contributed by atoms with Gasteiger partial charge in [-0.05, 0) is 59.8 Å². The molecule has 7 nitrogen and oxygen atoms in total. The molecule has 2 fully saturated rings. The third kappa shape index (κ3) is 3.01. The number of rotatable bonds is 3. The number of nitrogens with zero attached hydrogens (tertiary/aromatic N) is 1. The number of halogens is 1. The van der Waals surface area contributed by atoms with Crippen LogP contribution in [0.4, 0.5) is 14.9 Å². The number of hydrogen-bond acceptors (Lipinski definition) is 6. The van der Waals surface area contributed by atoms with E-state index in [0.717, 1.165) is 4.90 Å². The topological polar surface area (TPSA) is 107 Å². The summed E-state index contributed by atoms with van der Waals surface area (Å²) in [6.45, 7) is 7.25. The van der Waals surface area contributed by atoms with Crippen molar-refractivity contribution in [1.29, 1.82) is 0 Å². The molecule has 5 rings (SSSR count). The summed E-state index contributed by atoms with van der Waals surface area (Å²) in [6.07, 6.45) is -0.00822. The van der Waals surface area contributed by atoms with Gasteiger partial charge in [-0.2, -0.15) is 0 Å². The minimum Gasteiger partial charge on any atom is -0.438 e. The van der Waals surface area contributed by atoms with Crippen molar-refractivity contribution in [2.75, 3.05) is 18.6 Å². The molecule has 194 valence electrons. The number of benzene rings is 1. The zero-order valence-corrected chi connectivity index (χ0v) is 21.2. The van der Waals surface area contributed by atoms with Gasteiger partial charge in [-0.1, -0.05) is 45.1 Å². The molecule has 1 aromatic carbocycles. The number of carbonyl (C=O) groups excluding carboxylic acids is 2. The molecule has 2 bridgehead atoms. The Morgan fingerprint density at radius 1 is 1.28 bits per heavy atom. The number of aliphatic hydroxyl groups is 3. The van der Waals surface area contributed by atoms with Gasteiger partial charge in [-0.3, -0.25) is 9.69 Å². The zero-order chi connectivity index (χ0) is 26.4. The van der Waals surface area contributed by atoms with Crippen LogP contribution in [0.2, 0.25) is 0 Å². The van der Waals surface area contributed by atoms with E-state index in [1.54, 1.807) is 25.1 Å². The maximum Gasteiger partial charge on any atom is 0.414 e. The van der Waals surface area contributed by atoms with E-state index in [9.17, 15) is 29.3 Å². The van der Waals surface area contributed by atoms with Gasteiger partial charge < -0.3 is 20.1 Å². The predicted octanol–water partition coefficient (Wildman–Crippen LogP) is 3.24. The van der Waals surface area contributed by atoms with Gasteiger partial charge in [0.25, 0.3) is 0 Å². The first-order valence-electron chi connectivity index (χ1n) is 12.5. The summed E-state index contributed by atoms with van der Waals surface area (Å²) >= 11 is 0. The van der Waals surface area contributed by atoms with E-state index >= 15 is 0 Å². The highest BCUT2D eigenvalue weighted by atomic mass is 19.1. The fourth-order valence-corrected chi connectivity index (χ4v) is 7.60. The zero-order valence-electron chi connectivity index (χ0n) is 21.2. The first-order chi connectivity index (χ1) is 16.8. The third-order valence-electron chi connectivity index (χ3n) is 9.60. The summed E-state index contributed by atoms with van der Waals surface area (Å²) in [5, 5.41) is 34.1. The van der Waals surface area contributed by atoms with E-state index in [2.05, 4.69) is 13.8 Å². The summed E-state index contributed by atoms with van der Waals surface area (Å²) in [4.78, 5) is 28.5. The van der Waals surface area contributed by atoms with Crippen LogP contribution in [0, 0.1) is 40.3 Å². The quantitative estimate of drug-likeness (QED) is 0.552.